The quantitative estimate of drug-likeness (QED) is 0.611. The zero-order valence-corrected chi connectivity index (χ0v) is 16.8. The monoisotopic (exact) mass is 342 g/mol. The van der Waals surface area contributed by atoms with Crippen LogP contribution in [0.1, 0.15) is 72.6 Å². The van der Waals surface area contributed by atoms with Gasteiger partial charge in [-0.15, -0.1) is 6.58 Å². The van der Waals surface area contributed by atoms with Gasteiger partial charge in [-0.1, -0.05) is 45.4 Å². The molecule has 0 radical (unpaired) electrons. The third-order valence-corrected chi connectivity index (χ3v) is 9.40. The highest BCUT2D eigenvalue weighted by molar-refractivity contribution is 5.25. The van der Waals surface area contributed by atoms with E-state index in [2.05, 4.69) is 46.4 Å². The smallest absolute Gasteiger partial charge is 0.0582 e. The van der Waals surface area contributed by atoms with Crippen molar-refractivity contribution in [1.82, 2.24) is 0 Å². The summed E-state index contributed by atoms with van der Waals surface area (Å²) in [5.74, 6) is 4.03. The molecule has 0 heterocycles. The van der Waals surface area contributed by atoms with Gasteiger partial charge in [0.05, 0.1) is 6.10 Å². The molecule has 1 heteroatoms. The van der Waals surface area contributed by atoms with Crippen molar-refractivity contribution >= 4 is 0 Å². The summed E-state index contributed by atoms with van der Waals surface area (Å²) >= 11 is 0. The van der Waals surface area contributed by atoms with Crippen LogP contribution in [0.5, 0.6) is 0 Å². The van der Waals surface area contributed by atoms with E-state index in [4.69, 9.17) is 0 Å². The van der Waals surface area contributed by atoms with Crippen molar-refractivity contribution in [2.75, 3.05) is 0 Å². The van der Waals surface area contributed by atoms with Crippen molar-refractivity contribution < 1.29 is 5.11 Å². The standard InChI is InChI=1S/C24H38O/c1-6-16(3)22-21(25)14-20-18-8-7-17-13-15(2)9-11-23(17,4)19(18)10-12-24(20,22)5/h6-7,15-16,18-22,25H,1,8-14H2,2-5H3/t15-,16+,18+,19-,20-,21-,22-,23?,24-/m0/s1. The average Bonchev–Trinajstić information content (AvgIpc) is 2.85. The summed E-state index contributed by atoms with van der Waals surface area (Å²) in [4.78, 5) is 0. The van der Waals surface area contributed by atoms with Gasteiger partial charge in [-0.3, -0.25) is 0 Å². The van der Waals surface area contributed by atoms with E-state index in [9.17, 15) is 5.11 Å². The fraction of sp³-hybridized carbons (Fsp3) is 0.833. The van der Waals surface area contributed by atoms with Gasteiger partial charge in [0.15, 0.2) is 0 Å². The molecule has 4 aliphatic carbocycles. The highest BCUT2D eigenvalue weighted by Gasteiger charge is 2.61. The van der Waals surface area contributed by atoms with Gasteiger partial charge >= 0.3 is 0 Å². The second-order valence-electron chi connectivity index (χ2n) is 10.6. The lowest BCUT2D eigenvalue weighted by atomic mass is 9.46. The lowest BCUT2D eigenvalue weighted by molar-refractivity contribution is -0.0527. The fourth-order valence-corrected chi connectivity index (χ4v) is 7.99. The molecule has 3 fully saturated rings. The van der Waals surface area contributed by atoms with Crippen molar-refractivity contribution in [2.45, 2.75) is 78.7 Å². The molecule has 0 spiro atoms. The molecule has 1 N–H and O–H groups in total. The number of hydrogen-bond donors (Lipinski definition) is 1. The Labute approximate surface area is 155 Å². The summed E-state index contributed by atoms with van der Waals surface area (Å²) in [6.45, 7) is 13.8. The van der Waals surface area contributed by atoms with Crippen LogP contribution in [0.2, 0.25) is 0 Å². The van der Waals surface area contributed by atoms with Gasteiger partial charge in [-0.25, -0.2) is 0 Å². The predicted octanol–water partition coefficient (Wildman–Crippen LogP) is 5.99. The lowest BCUT2D eigenvalue weighted by Crippen LogP contribution is -2.50. The molecule has 0 aliphatic heterocycles. The largest absolute Gasteiger partial charge is 0.393 e. The lowest BCUT2D eigenvalue weighted by Gasteiger charge is -2.58. The molecule has 4 aliphatic rings. The Hall–Kier alpha value is -0.560. The van der Waals surface area contributed by atoms with E-state index in [1.54, 1.807) is 5.57 Å². The Bertz CT molecular complexity index is 577. The predicted molar refractivity (Wildman–Crippen MR) is 105 cm³/mol. The first-order valence-corrected chi connectivity index (χ1v) is 10.8. The molecule has 0 saturated heterocycles. The van der Waals surface area contributed by atoms with Gasteiger partial charge in [0, 0.05) is 0 Å². The van der Waals surface area contributed by atoms with Gasteiger partial charge in [-0.05, 0) is 91.3 Å². The molecule has 9 atom stereocenters. The van der Waals surface area contributed by atoms with Crippen molar-refractivity contribution in [1.29, 1.82) is 0 Å². The van der Waals surface area contributed by atoms with E-state index < -0.39 is 0 Å². The van der Waals surface area contributed by atoms with E-state index in [0.29, 0.717) is 28.6 Å². The molecule has 0 aromatic heterocycles. The molecule has 0 amide bonds. The highest BCUT2D eigenvalue weighted by Crippen LogP contribution is 2.67. The van der Waals surface area contributed by atoms with Gasteiger partial charge < -0.3 is 5.11 Å². The highest BCUT2D eigenvalue weighted by atomic mass is 16.3. The maximum Gasteiger partial charge on any atom is 0.0582 e. The van der Waals surface area contributed by atoms with Crippen LogP contribution in [-0.4, -0.2) is 11.2 Å². The van der Waals surface area contributed by atoms with Crippen LogP contribution < -0.4 is 0 Å². The molecule has 4 rings (SSSR count). The number of fused-ring (bicyclic) bond motifs is 5. The Morgan fingerprint density at radius 2 is 2.00 bits per heavy atom. The second kappa shape index (κ2) is 5.98. The first-order valence-electron chi connectivity index (χ1n) is 10.8. The third kappa shape index (κ3) is 2.44. The third-order valence-electron chi connectivity index (χ3n) is 9.40. The van der Waals surface area contributed by atoms with Gasteiger partial charge in [0.2, 0.25) is 0 Å². The number of rotatable bonds is 2. The van der Waals surface area contributed by atoms with Crippen LogP contribution in [0.4, 0.5) is 0 Å². The zero-order valence-electron chi connectivity index (χ0n) is 16.8. The van der Waals surface area contributed by atoms with Crippen molar-refractivity contribution in [3.05, 3.63) is 24.3 Å². The Balaban J connectivity index is 1.67. The molecule has 0 aromatic carbocycles. The van der Waals surface area contributed by atoms with Gasteiger partial charge in [0.25, 0.3) is 0 Å². The van der Waals surface area contributed by atoms with Gasteiger partial charge in [0.1, 0.15) is 0 Å². The van der Waals surface area contributed by atoms with Crippen molar-refractivity contribution in [2.24, 2.45) is 46.3 Å². The fourth-order valence-electron chi connectivity index (χ4n) is 7.99. The molecular formula is C24H38O. The molecular weight excluding hydrogens is 304 g/mol. The summed E-state index contributed by atoms with van der Waals surface area (Å²) in [7, 11) is 0. The number of aliphatic hydroxyl groups excluding tert-OH is 1. The summed E-state index contributed by atoms with van der Waals surface area (Å²) in [6, 6.07) is 0. The number of allylic oxidation sites excluding steroid dienone is 3. The first kappa shape index (κ1) is 17.8. The maximum absolute atomic E-state index is 10.9. The minimum Gasteiger partial charge on any atom is -0.393 e. The van der Waals surface area contributed by atoms with Crippen LogP contribution in [0.25, 0.3) is 0 Å². The SMILES string of the molecule is C=C[C@@H](C)[C@H]1[C@@H](O)C[C@H]2[C@@H]3CC=C4C[C@@H](C)CCC4(C)[C@H]3CC[C@]12C. The molecule has 0 bridgehead atoms. The number of aliphatic hydroxyl groups is 1. The topological polar surface area (TPSA) is 20.2 Å². The van der Waals surface area contributed by atoms with Crippen molar-refractivity contribution in [3.63, 3.8) is 0 Å². The minimum absolute atomic E-state index is 0.133. The van der Waals surface area contributed by atoms with E-state index in [1.807, 2.05) is 0 Å². The minimum atomic E-state index is -0.133. The second-order valence-corrected chi connectivity index (χ2v) is 10.6. The summed E-state index contributed by atoms with van der Waals surface area (Å²) in [5.41, 5.74) is 2.53. The maximum atomic E-state index is 10.9. The van der Waals surface area contributed by atoms with E-state index >= 15 is 0 Å². The van der Waals surface area contributed by atoms with E-state index in [-0.39, 0.29) is 6.10 Å². The zero-order chi connectivity index (χ0) is 18.0. The Kier molecular flexibility index (Phi) is 4.26. The molecule has 25 heavy (non-hydrogen) atoms. The molecule has 3 saturated carbocycles. The van der Waals surface area contributed by atoms with Crippen LogP contribution in [0.3, 0.4) is 0 Å². The van der Waals surface area contributed by atoms with Crippen LogP contribution in [0, 0.1) is 46.3 Å². The summed E-state index contributed by atoms with van der Waals surface area (Å²) in [5, 5.41) is 10.9. The summed E-state index contributed by atoms with van der Waals surface area (Å²) < 4.78 is 0. The molecule has 140 valence electrons. The van der Waals surface area contributed by atoms with E-state index in [1.165, 1.54) is 38.5 Å². The molecule has 1 unspecified atom stereocenters. The molecule has 0 aromatic rings. The van der Waals surface area contributed by atoms with Crippen LogP contribution >= 0.6 is 0 Å². The van der Waals surface area contributed by atoms with Crippen LogP contribution in [-0.2, 0) is 0 Å². The Morgan fingerprint density at radius 3 is 2.72 bits per heavy atom. The normalized spacial score (nSPS) is 53.2. The van der Waals surface area contributed by atoms with Crippen LogP contribution in [0.15, 0.2) is 24.3 Å². The average molecular weight is 343 g/mol. The summed E-state index contributed by atoms with van der Waals surface area (Å²) in [6.07, 6.45) is 13.7. The molecule has 1 nitrogen and oxygen atoms in total. The van der Waals surface area contributed by atoms with E-state index in [0.717, 1.165) is 24.2 Å². The first-order chi connectivity index (χ1) is 11.8. The Morgan fingerprint density at radius 1 is 1.24 bits per heavy atom. The number of hydrogen-bond acceptors (Lipinski definition) is 1. The van der Waals surface area contributed by atoms with Crippen molar-refractivity contribution in [3.8, 4) is 0 Å². The van der Waals surface area contributed by atoms with Gasteiger partial charge in [-0.2, -0.15) is 0 Å².